The highest BCUT2D eigenvalue weighted by molar-refractivity contribution is 6.16. The van der Waals surface area contributed by atoms with Crippen molar-refractivity contribution in [3.05, 3.63) is 78.7 Å². The highest BCUT2D eigenvalue weighted by atomic mass is 19.1. The Hall–Kier alpha value is -5.39. The quantitative estimate of drug-likeness (QED) is 0.162. The van der Waals surface area contributed by atoms with Crippen LogP contribution in [0.1, 0.15) is 46.5 Å². The number of nitrogens with one attached hydrogen (secondary N) is 3. The van der Waals surface area contributed by atoms with Crippen LogP contribution >= 0.6 is 0 Å². The molecule has 2 fully saturated rings. The molecule has 6 rings (SSSR count). The molecule has 1 aliphatic heterocycles. The number of ether oxygens (including phenoxy) is 3. The first-order chi connectivity index (χ1) is 23.4. The summed E-state index contributed by atoms with van der Waals surface area (Å²) in [5.41, 5.74) is 0.891. The summed E-state index contributed by atoms with van der Waals surface area (Å²) in [6, 6.07) is 18.0. The van der Waals surface area contributed by atoms with E-state index in [0.717, 1.165) is 42.5 Å². The minimum absolute atomic E-state index is 0.0255. The first-order valence-corrected chi connectivity index (χ1v) is 16.3. The lowest BCUT2D eigenvalue weighted by Gasteiger charge is -2.35. The first kappa shape index (κ1) is 33.5. The van der Waals surface area contributed by atoms with Gasteiger partial charge < -0.3 is 35.1 Å². The van der Waals surface area contributed by atoms with Gasteiger partial charge in [0.05, 0.1) is 18.3 Å². The minimum Gasteiger partial charge on any atom is -0.495 e. The van der Waals surface area contributed by atoms with Gasteiger partial charge in [-0.3, -0.25) is 14.6 Å². The lowest BCUT2D eigenvalue weighted by Crippen LogP contribution is -2.46. The van der Waals surface area contributed by atoms with Crippen molar-refractivity contribution in [3.63, 3.8) is 0 Å². The number of carbonyl (C=O) groups is 3. The number of carbonyl (C=O) groups excluding carboxylic acids is 3. The summed E-state index contributed by atoms with van der Waals surface area (Å²) in [5, 5.41) is 9.30. The van der Waals surface area contributed by atoms with Crippen molar-refractivity contribution < 1.29 is 33.0 Å². The molecular formula is C37H40FN5O6. The molecule has 4 aromatic rings. The van der Waals surface area contributed by atoms with Gasteiger partial charge in [0.2, 0.25) is 11.8 Å². The summed E-state index contributed by atoms with van der Waals surface area (Å²) >= 11 is 0. The van der Waals surface area contributed by atoms with E-state index in [4.69, 9.17) is 14.2 Å². The zero-order valence-corrected chi connectivity index (χ0v) is 28.0. The van der Waals surface area contributed by atoms with Crippen molar-refractivity contribution in [2.45, 2.75) is 58.1 Å². The van der Waals surface area contributed by atoms with Gasteiger partial charge >= 0.3 is 6.09 Å². The summed E-state index contributed by atoms with van der Waals surface area (Å²) in [6.07, 6.45) is 3.66. The number of halogens is 1. The van der Waals surface area contributed by atoms with Crippen LogP contribution in [0.2, 0.25) is 0 Å². The molecule has 2 heterocycles. The third-order valence-electron chi connectivity index (χ3n) is 8.62. The highest BCUT2D eigenvalue weighted by Crippen LogP contribution is 2.47. The third kappa shape index (κ3) is 7.85. The monoisotopic (exact) mass is 669 g/mol. The van der Waals surface area contributed by atoms with Gasteiger partial charge in [0.1, 0.15) is 34.1 Å². The molecule has 1 aliphatic carbocycles. The summed E-state index contributed by atoms with van der Waals surface area (Å²) in [7, 11) is 1.63. The molecule has 2 aliphatic rings. The van der Waals surface area contributed by atoms with Crippen LogP contribution in [-0.4, -0.2) is 54.7 Å². The maximum absolute atomic E-state index is 13.2. The van der Waals surface area contributed by atoms with Gasteiger partial charge in [-0.05, 0) is 113 Å². The van der Waals surface area contributed by atoms with Crippen molar-refractivity contribution >= 4 is 45.9 Å². The standard InChI is InChI=1S/C37H40FN5O6/c1-36(2,3)49-35(46)42-26-14-19-43(20-15-26)30-22-29-28(21-32(30)47-4)31(13-18-39-29)48-27-11-9-25(10-12-27)41-34(45)37(16-17-37)33(44)40-24-7-5-23(38)6-8-24/h5-13,18,21-22,26H,14-17,19-20H2,1-4H3,(H,40,44)(H,41,45)(H,42,46). The first-order valence-electron chi connectivity index (χ1n) is 16.3. The van der Waals surface area contributed by atoms with E-state index >= 15 is 0 Å². The number of methoxy groups -OCH3 is 1. The number of pyridine rings is 1. The fourth-order valence-corrected chi connectivity index (χ4v) is 5.83. The van der Waals surface area contributed by atoms with Crippen molar-refractivity contribution in [3.8, 4) is 17.2 Å². The number of amides is 3. The van der Waals surface area contributed by atoms with Crippen LogP contribution in [0, 0.1) is 11.2 Å². The molecule has 12 heteroatoms. The summed E-state index contributed by atoms with van der Waals surface area (Å²) in [5.74, 6) is 0.588. The largest absolute Gasteiger partial charge is 0.495 e. The van der Waals surface area contributed by atoms with Gasteiger partial charge in [0.25, 0.3) is 0 Å². The van der Waals surface area contributed by atoms with E-state index in [0.29, 0.717) is 41.5 Å². The van der Waals surface area contributed by atoms with E-state index in [1.165, 1.54) is 24.3 Å². The number of nitrogens with zero attached hydrogens (tertiary/aromatic N) is 2. The van der Waals surface area contributed by atoms with Crippen molar-refractivity contribution in [1.29, 1.82) is 0 Å². The maximum atomic E-state index is 13.2. The summed E-state index contributed by atoms with van der Waals surface area (Å²) in [4.78, 5) is 45.1. The Balaban J connectivity index is 1.09. The number of piperidine rings is 1. The van der Waals surface area contributed by atoms with Gasteiger partial charge in [-0.15, -0.1) is 0 Å². The Bertz CT molecular complexity index is 1850. The molecule has 0 bridgehead atoms. The predicted molar refractivity (Wildman–Crippen MR) is 185 cm³/mol. The molecule has 3 N–H and O–H groups in total. The number of hydrogen-bond donors (Lipinski definition) is 3. The molecule has 256 valence electrons. The van der Waals surface area contributed by atoms with E-state index in [-0.39, 0.29) is 6.04 Å². The van der Waals surface area contributed by atoms with E-state index in [9.17, 15) is 18.8 Å². The second kappa shape index (κ2) is 13.6. The zero-order valence-electron chi connectivity index (χ0n) is 28.0. The number of anilines is 3. The Morgan fingerprint density at radius 2 is 1.49 bits per heavy atom. The number of hydrogen-bond acceptors (Lipinski definition) is 8. The van der Waals surface area contributed by atoms with Crippen LogP contribution in [0.15, 0.2) is 72.9 Å². The topological polar surface area (TPSA) is 131 Å². The number of benzene rings is 3. The Labute approximate surface area is 284 Å². The molecule has 3 aromatic carbocycles. The Kier molecular flexibility index (Phi) is 9.31. The second-order valence-corrected chi connectivity index (χ2v) is 13.4. The van der Waals surface area contributed by atoms with E-state index in [1.807, 2.05) is 32.9 Å². The average Bonchev–Trinajstić information content (AvgIpc) is 3.88. The smallest absolute Gasteiger partial charge is 0.407 e. The van der Waals surface area contributed by atoms with Gasteiger partial charge in [0, 0.05) is 42.1 Å². The fourth-order valence-electron chi connectivity index (χ4n) is 5.83. The minimum atomic E-state index is -1.16. The number of aromatic nitrogens is 1. The molecule has 0 atom stereocenters. The maximum Gasteiger partial charge on any atom is 0.407 e. The van der Waals surface area contributed by atoms with E-state index < -0.39 is 34.7 Å². The molecule has 3 amide bonds. The van der Waals surface area contributed by atoms with Gasteiger partial charge in [-0.25, -0.2) is 9.18 Å². The van der Waals surface area contributed by atoms with Gasteiger partial charge in [-0.1, -0.05) is 0 Å². The summed E-state index contributed by atoms with van der Waals surface area (Å²) < 4.78 is 30.7. The summed E-state index contributed by atoms with van der Waals surface area (Å²) in [6.45, 7) is 6.98. The predicted octanol–water partition coefficient (Wildman–Crippen LogP) is 7.03. The lowest BCUT2D eigenvalue weighted by atomic mass is 10.0. The molecule has 1 aromatic heterocycles. The number of alkyl carbamates (subject to hydrolysis) is 1. The van der Waals surface area contributed by atoms with Crippen LogP contribution < -0.4 is 30.3 Å². The normalized spacial score (nSPS) is 15.7. The molecule has 11 nitrogen and oxygen atoms in total. The molecule has 0 spiro atoms. The van der Waals surface area contributed by atoms with Crippen molar-refractivity contribution in [1.82, 2.24) is 10.3 Å². The molecule has 1 saturated carbocycles. The van der Waals surface area contributed by atoms with Crippen LogP contribution in [0.25, 0.3) is 10.9 Å². The number of fused-ring (bicyclic) bond motifs is 1. The molecule has 0 radical (unpaired) electrons. The number of rotatable bonds is 9. The fraction of sp³-hybridized carbons (Fsp3) is 0.351. The third-order valence-corrected chi connectivity index (χ3v) is 8.62. The zero-order chi connectivity index (χ0) is 34.8. The Morgan fingerprint density at radius 1 is 0.878 bits per heavy atom. The van der Waals surface area contributed by atoms with Crippen molar-refractivity contribution in [2.75, 3.05) is 35.7 Å². The van der Waals surface area contributed by atoms with Gasteiger partial charge in [0.15, 0.2) is 0 Å². The van der Waals surface area contributed by atoms with E-state index in [2.05, 4.69) is 25.8 Å². The van der Waals surface area contributed by atoms with Crippen LogP contribution in [0.4, 0.5) is 26.2 Å². The second-order valence-electron chi connectivity index (χ2n) is 13.4. The van der Waals surface area contributed by atoms with Crippen LogP contribution in [0.3, 0.4) is 0 Å². The highest BCUT2D eigenvalue weighted by Gasteiger charge is 2.56. The van der Waals surface area contributed by atoms with E-state index in [1.54, 1.807) is 43.6 Å². The molecule has 1 saturated heterocycles. The van der Waals surface area contributed by atoms with Crippen LogP contribution in [-0.2, 0) is 14.3 Å². The van der Waals surface area contributed by atoms with Crippen LogP contribution in [0.5, 0.6) is 17.2 Å². The molecule has 0 unspecified atom stereocenters. The Morgan fingerprint density at radius 3 is 2.06 bits per heavy atom. The lowest BCUT2D eigenvalue weighted by molar-refractivity contribution is -0.131. The molecule has 49 heavy (non-hydrogen) atoms. The van der Waals surface area contributed by atoms with Gasteiger partial charge in [-0.2, -0.15) is 0 Å². The molecular weight excluding hydrogens is 629 g/mol. The van der Waals surface area contributed by atoms with Crippen molar-refractivity contribution in [2.24, 2.45) is 5.41 Å². The SMILES string of the molecule is COc1cc2c(Oc3ccc(NC(=O)C4(C(=O)Nc5ccc(F)cc5)CC4)cc3)ccnc2cc1N1CCC(NC(=O)OC(C)(C)C)CC1. The average molecular weight is 670 g/mol.